The van der Waals surface area contributed by atoms with Crippen molar-refractivity contribution in [3.8, 4) is 5.75 Å². The molecular weight excluding hydrogens is 476 g/mol. The largest absolute Gasteiger partial charge is 0.497 e. The number of hydrogen-bond donors (Lipinski definition) is 1. The fourth-order valence-corrected chi connectivity index (χ4v) is 5.00. The second kappa shape index (κ2) is 14.1. The van der Waals surface area contributed by atoms with Gasteiger partial charge in [0, 0.05) is 24.8 Å². The highest BCUT2D eigenvalue weighted by Crippen LogP contribution is 2.25. The normalized spacial score (nSPS) is 14.6. The number of piperidine rings is 1. The Morgan fingerprint density at radius 3 is 2.45 bits per heavy atom. The number of carbonyl (C=O) groups is 1. The van der Waals surface area contributed by atoms with E-state index in [1.54, 1.807) is 7.11 Å². The van der Waals surface area contributed by atoms with E-state index in [0.29, 0.717) is 5.69 Å². The van der Waals surface area contributed by atoms with Gasteiger partial charge in [-0.25, -0.2) is 9.97 Å². The number of imidazole rings is 1. The van der Waals surface area contributed by atoms with Gasteiger partial charge >= 0.3 is 0 Å². The quantitative estimate of drug-likeness (QED) is 0.299. The molecule has 1 atom stereocenters. The van der Waals surface area contributed by atoms with Crippen LogP contribution in [-0.2, 0) is 6.54 Å². The van der Waals surface area contributed by atoms with Gasteiger partial charge in [-0.3, -0.25) is 9.36 Å². The van der Waals surface area contributed by atoms with E-state index in [9.17, 15) is 4.79 Å². The van der Waals surface area contributed by atoms with E-state index in [-0.39, 0.29) is 19.4 Å². The molecule has 4 rings (SSSR count). The minimum absolute atomic E-state index is 0. The number of nitrogens with zero attached hydrogens (tertiary/aromatic N) is 5. The van der Waals surface area contributed by atoms with E-state index in [0.717, 1.165) is 67.4 Å². The van der Waals surface area contributed by atoms with Gasteiger partial charge in [0.25, 0.3) is 5.91 Å². The van der Waals surface area contributed by atoms with E-state index in [1.165, 1.54) is 32.4 Å². The lowest BCUT2D eigenvalue weighted by Gasteiger charge is -2.28. The third-order valence-corrected chi connectivity index (χ3v) is 7.31. The van der Waals surface area contributed by atoms with Crippen molar-refractivity contribution in [3.05, 3.63) is 42.1 Å². The van der Waals surface area contributed by atoms with Crippen LogP contribution < -0.4 is 10.1 Å². The first kappa shape index (κ1) is 29.4. The van der Waals surface area contributed by atoms with Crippen LogP contribution in [0.1, 0.15) is 77.2 Å². The second-order valence-electron chi connectivity index (χ2n) is 9.99. The molecule has 0 saturated carbocycles. The van der Waals surface area contributed by atoms with Crippen molar-refractivity contribution in [1.82, 2.24) is 24.3 Å². The standard InChI is InChI=1S/C29H42N6O2.CH4/c1-5-17-34(22(3)6-2)28(36)26-16-15-25-27(31-26)35(21-10-20-33-18-8-7-9-19-33)29(32-25)30-23-11-13-24(37-4)14-12-23;/h11-16,22H,5-10,17-21H2,1-4H3,(H,30,32);1H4. The number of anilines is 2. The predicted molar refractivity (Wildman–Crippen MR) is 157 cm³/mol. The highest BCUT2D eigenvalue weighted by Gasteiger charge is 2.23. The summed E-state index contributed by atoms with van der Waals surface area (Å²) in [6, 6.07) is 11.7. The lowest BCUT2D eigenvalue weighted by atomic mass is 10.1. The van der Waals surface area contributed by atoms with E-state index in [4.69, 9.17) is 14.7 Å². The summed E-state index contributed by atoms with van der Waals surface area (Å²) in [5.41, 5.74) is 2.95. The van der Waals surface area contributed by atoms with Crippen LogP contribution in [0.2, 0.25) is 0 Å². The molecule has 2 aromatic heterocycles. The topological polar surface area (TPSA) is 75.5 Å². The van der Waals surface area contributed by atoms with Gasteiger partial charge in [0.1, 0.15) is 17.0 Å². The summed E-state index contributed by atoms with van der Waals surface area (Å²) in [5, 5.41) is 3.47. The molecule has 1 unspecified atom stereocenters. The van der Waals surface area contributed by atoms with Crippen molar-refractivity contribution in [3.63, 3.8) is 0 Å². The lowest BCUT2D eigenvalue weighted by molar-refractivity contribution is 0.0682. The van der Waals surface area contributed by atoms with E-state index < -0.39 is 0 Å². The van der Waals surface area contributed by atoms with Crippen molar-refractivity contribution in [2.24, 2.45) is 0 Å². The Bertz CT molecular complexity index is 1150. The van der Waals surface area contributed by atoms with Crippen LogP contribution in [0.3, 0.4) is 0 Å². The van der Waals surface area contributed by atoms with Gasteiger partial charge < -0.3 is 19.9 Å². The first-order chi connectivity index (χ1) is 18.0. The zero-order valence-electron chi connectivity index (χ0n) is 22.9. The van der Waals surface area contributed by atoms with E-state index >= 15 is 0 Å². The third kappa shape index (κ3) is 7.04. The number of ether oxygens (including phenoxy) is 1. The molecule has 0 aliphatic carbocycles. The number of aromatic nitrogens is 3. The first-order valence-electron chi connectivity index (χ1n) is 13.9. The monoisotopic (exact) mass is 522 g/mol. The van der Waals surface area contributed by atoms with Gasteiger partial charge in [0.05, 0.1) is 7.11 Å². The van der Waals surface area contributed by atoms with Gasteiger partial charge in [-0.1, -0.05) is 27.7 Å². The van der Waals surface area contributed by atoms with Crippen molar-refractivity contribution in [1.29, 1.82) is 0 Å². The van der Waals surface area contributed by atoms with Crippen molar-refractivity contribution < 1.29 is 9.53 Å². The third-order valence-electron chi connectivity index (χ3n) is 7.31. The summed E-state index contributed by atoms with van der Waals surface area (Å²) < 4.78 is 7.43. The van der Waals surface area contributed by atoms with Gasteiger partial charge in [0.15, 0.2) is 5.65 Å². The minimum atomic E-state index is -0.0103. The number of aryl methyl sites for hydroxylation is 1. The number of rotatable bonds is 12. The number of amides is 1. The average molecular weight is 523 g/mol. The van der Waals surface area contributed by atoms with Crippen molar-refractivity contribution >= 4 is 28.7 Å². The molecule has 1 N–H and O–H groups in total. The maximum Gasteiger partial charge on any atom is 0.272 e. The summed E-state index contributed by atoms with van der Waals surface area (Å²) >= 11 is 0. The van der Waals surface area contributed by atoms with Crippen LogP contribution in [0.25, 0.3) is 11.2 Å². The summed E-state index contributed by atoms with van der Waals surface area (Å²) in [4.78, 5) is 27.7. The number of fused-ring (bicyclic) bond motifs is 1. The molecule has 3 aromatic rings. The van der Waals surface area contributed by atoms with Gasteiger partial charge in [-0.2, -0.15) is 0 Å². The average Bonchev–Trinajstić information content (AvgIpc) is 3.28. The summed E-state index contributed by atoms with van der Waals surface area (Å²) in [6.07, 6.45) is 6.75. The molecule has 208 valence electrons. The smallest absolute Gasteiger partial charge is 0.272 e. The highest BCUT2D eigenvalue weighted by molar-refractivity contribution is 5.94. The first-order valence-corrected chi connectivity index (χ1v) is 13.9. The molecule has 8 heteroatoms. The zero-order chi connectivity index (χ0) is 26.2. The molecule has 0 spiro atoms. The van der Waals surface area contributed by atoms with Crippen LogP contribution in [0, 0.1) is 0 Å². The summed E-state index contributed by atoms with van der Waals surface area (Å²) in [7, 11) is 1.66. The number of methoxy groups -OCH3 is 1. The number of carbonyl (C=O) groups excluding carboxylic acids is 1. The van der Waals surface area contributed by atoms with Crippen molar-refractivity contribution in [2.45, 2.75) is 79.3 Å². The Kier molecular flexibility index (Phi) is 11.0. The molecule has 1 aromatic carbocycles. The zero-order valence-corrected chi connectivity index (χ0v) is 22.9. The number of pyridine rings is 1. The SMILES string of the molecule is C.CCCN(C(=O)c1ccc2nc(Nc3ccc(OC)cc3)n(CCCN3CCCCC3)c2n1)C(C)CC. The maximum atomic E-state index is 13.5. The Morgan fingerprint density at radius 1 is 1.05 bits per heavy atom. The molecule has 0 bridgehead atoms. The molecular formula is C30H46N6O2. The number of nitrogens with one attached hydrogen (secondary N) is 1. The Morgan fingerprint density at radius 2 is 1.79 bits per heavy atom. The molecule has 1 saturated heterocycles. The van der Waals surface area contributed by atoms with Crippen LogP contribution in [-0.4, -0.2) is 69.6 Å². The van der Waals surface area contributed by atoms with Gasteiger partial charge in [-0.05, 0) is 95.1 Å². The molecule has 1 aliphatic rings. The molecule has 3 heterocycles. The summed E-state index contributed by atoms with van der Waals surface area (Å²) in [6.45, 7) is 11.3. The molecule has 0 radical (unpaired) electrons. The number of benzene rings is 1. The molecule has 1 fully saturated rings. The maximum absolute atomic E-state index is 13.5. The van der Waals surface area contributed by atoms with Crippen molar-refractivity contribution in [2.75, 3.05) is 38.6 Å². The minimum Gasteiger partial charge on any atom is -0.497 e. The second-order valence-corrected chi connectivity index (χ2v) is 9.99. The molecule has 1 amide bonds. The Balaban J connectivity index is 0.00000400. The van der Waals surface area contributed by atoms with E-state index in [2.05, 4.69) is 35.6 Å². The summed E-state index contributed by atoms with van der Waals surface area (Å²) in [5.74, 6) is 1.54. The van der Waals surface area contributed by atoms with Crippen LogP contribution in [0.15, 0.2) is 36.4 Å². The van der Waals surface area contributed by atoms with Crippen LogP contribution in [0.5, 0.6) is 5.75 Å². The fraction of sp³-hybridized carbons (Fsp3) is 0.567. The van der Waals surface area contributed by atoms with Crippen LogP contribution >= 0.6 is 0 Å². The van der Waals surface area contributed by atoms with Gasteiger partial charge in [-0.15, -0.1) is 0 Å². The Labute approximate surface area is 228 Å². The Hall–Kier alpha value is -3.13. The van der Waals surface area contributed by atoms with E-state index in [1.807, 2.05) is 41.3 Å². The number of likely N-dealkylation sites (tertiary alicyclic amines) is 1. The fourth-order valence-electron chi connectivity index (χ4n) is 5.00. The molecule has 8 nitrogen and oxygen atoms in total. The van der Waals surface area contributed by atoms with Crippen LogP contribution in [0.4, 0.5) is 11.6 Å². The highest BCUT2D eigenvalue weighted by atomic mass is 16.5. The predicted octanol–water partition coefficient (Wildman–Crippen LogP) is 6.35. The lowest BCUT2D eigenvalue weighted by Crippen LogP contribution is -2.39. The molecule has 38 heavy (non-hydrogen) atoms. The van der Waals surface area contributed by atoms with Gasteiger partial charge in [0.2, 0.25) is 5.95 Å². The molecule has 1 aliphatic heterocycles. The number of hydrogen-bond acceptors (Lipinski definition) is 6.